The Morgan fingerprint density at radius 1 is 1.12 bits per heavy atom. The summed E-state index contributed by atoms with van der Waals surface area (Å²) in [5.74, 6) is 0.459. The fourth-order valence-electron chi connectivity index (χ4n) is 4.40. The molecule has 0 aliphatic rings. The van der Waals surface area contributed by atoms with Crippen molar-refractivity contribution in [2.24, 2.45) is 4.99 Å². The Hall–Kier alpha value is -3.13. The molecule has 2 aromatic carbocycles. The SMILES string of the molecule is COc1c(C(C)C)cccc1C(C)(CC(O)C=Nc1cccc2[nH]c(=O)ccc12)CC(F)(F)F. The third kappa shape index (κ3) is 5.86. The van der Waals surface area contributed by atoms with Crippen molar-refractivity contribution < 1.29 is 23.0 Å². The fourth-order valence-corrected chi connectivity index (χ4v) is 4.40. The second-order valence-corrected chi connectivity index (χ2v) is 9.05. The number of fused-ring (bicyclic) bond motifs is 1. The summed E-state index contributed by atoms with van der Waals surface area (Å²) in [7, 11) is 1.45. The smallest absolute Gasteiger partial charge is 0.389 e. The molecule has 0 spiro atoms. The van der Waals surface area contributed by atoms with Crippen molar-refractivity contribution in [3.63, 3.8) is 0 Å². The van der Waals surface area contributed by atoms with Gasteiger partial charge in [0.1, 0.15) is 5.75 Å². The Balaban J connectivity index is 1.97. The van der Waals surface area contributed by atoms with Gasteiger partial charge in [-0.2, -0.15) is 13.2 Å². The number of alkyl halides is 3. The molecular formula is C26H29F3N2O3. The lowest BCUT2D eigenvalue weighted by molar-refractivity contribution is -0.149. The van der Waals surface area contributed by atoms with Crippen LogP contribution in [0.3, 0.4) is 0 Å². The molecule has 3 rings (SSSR count). The highest BCUT2D eigenvalue weighted by molar-refractivity contribution is 5.91. The predicted molar refractivity (Wildman–Crippen MR) is 128 cm³/mol. The molecule has 1 heterocycles. The molecule has 0 saturated carbocycles. The average molecular weight is 475 g/mol. The number of aliphatic imine (C=N–C) groups is 1. The van der Waals surface area contributed by atoms with Gasteiger partial charge in [-0.25, -0.2) is 0 Å². The molecule has 2 unspecified atom stereocenters. The van der Waals surface area contributed by atoms with E-state index in [0.29, 0.717) is 27.9 Å². The molecule has 2 N–H and O–H groups in total. The van der Waals surface area contributed by atoms with Gasteiger partial charge in [-0.1, -0.05) is 45.0 Å². The van der Waals surface area contributed by atoms with Gasteiger partial charge in [0.2, 0.25) is 5.56 Å². The number of nitrogens with one attached hydrogen (secondary N) is 1. The van der Waals surface area contributed by atoms with Crippen LogP contribution in [0, 0.1) is 0 Å². The van der Waals surface area contributed by atoms with Crippen molar-refractivity contribution in [2.75, 3.05) is 7.11 Å². The Kier molecular flexibility index (Phi) is 7.51. The number of para-hydroxylation sites is 1. The van der Waals surface area contributed by atoms with E-state index in [2.05, 4.69) is 9.98 Å². The molecule has 1 aromatic heterocycles. The lowest BCUT2D eigenvalue weighted by Gasteiger charge is -2.34. The Morgan fingerprint density at radius 3 is 2.47 bits per heavy atom. The van der Waals surface area contributed by atoms with Crippen LogP contribution in [-0.4, -0.2) is 35.7 Å². The number of H-pyrrole nitrogens is 1. The Morgan fingerprint density at radius 2 is 1.82 bits per heavy atom. The molecule has 5 nitrogen and oxygen atoms in total. The molecule has 182 valence electrons. The molecule has 0 bridgehead atoms. The van der Waals surface area contributed by atoms with Crippen LogP contribution in [0.1, 0.15) is 50.7 Å². The zero-order chi connectivity index (χ0) is 25.1. The number of halogens is 3. The minimum absolute atomic E-state index is 0.0503. The minimum atomic E-state index is -4.45. The van der Waals surface area contributed by atoms with Crippen LogP contribution in [0.15, 0.2) is 58.3 Å². The van der Waals surface area contributed by atoms with Gasteiger partial charge in [0.15, 0.2) is 0 Å². The van der Waals surface area contributed by atoms with Crippen molar-refractivity contribution in [3.8, 4) is 5.75 Å². The highest BCUT2D eigenvalue weighted by Gasteiger charge is 2.43. The number of ether oxygens (including phenoxy) is 1. The van der Waals surface area contributed by atoms with E-state index in [1.807, 2.05) is 19.9 Å². The highest BCUT2D eigenvalue weighted by atomic mass is 19.4. The number of rotatable bonds is 8. The molecule has 0 aliphatic heterocycles. The Labute approximate surface area is 196 Å². The largest absolute Gasteiger partial charge is 0.496 e. The van der Waals surface area contributed by atoms with E-state index in [0.717, 1.165) is 5.56 Å². The quantitative estimate of drug-likeness (QED) is 0.392. The Bertz CT molecular complexity index is 1230. The van der Waals surface area contributed by atoms with Crippen molar-refractivity contribution in [3.05, 3.63) is 70.0 Å². The van der Waals surface area contributed by atoms with E-state index >= 15 is 0 Å². The van der Waals surface area contributed by atoms with E-state index in [4.69, 9.17) is 4.74 Å². The van der Waals surface area contributed by atoms with Crippen LogP contribution >= 0.6 is 0 Å². The third-order valence-electron chi connectivity index (χ3n) is 5.90. The first-order valence-corrected chi connectivity index (χ1v) is 11.0. The van der Waals surface area contributed by atoms with Gasteiger partial charge in [-0.15, -0.1) is 0 Å². The van der Waals surface area contributed by atoms with Crippen LogP contribution < -0.4 is 10.3 Å². The van der Waals surface area contributed by atoms with Crippen LogP contribution in [0.4, 0.5) is 18.9 Å². The van der Waals surface area contributed by atoms with Crippen LogP contribution in [0.25, 0.3) is 10.9 Å². The first kappa shape index (κ1) is 25.5. The van der Waals surface area contributed by atoms with Crippen molar-refractivity contribution in [1.29, 1.82) is 0 Å². The van der Waals surface area contributed by atoms with Gasteiger partial charge >= 0.3 is 6.18 Å². The molecule has 0 aliphatic carbocycles. The summed E-state index contributed by atoms with van der Waals surface area (Å²) in [6.45, 7) is 5.38. The standard InChI is InChI=1S/C26H29F3N2O3/c1-16(2)18-7-5-8-20(24(18)34-4)25(3,15-26(27,28)29)13-17(32)14-30-21-9-6-10-22-19(21)11-12-23(33)31-22/h5-12,14,16-17,32H,13,15H2,1-4H3,(H,31,33). The summed E-state index contributed by atoms with van der Waals surface area (Å²) < 4.78 is 46.5. The molecule has 0 saturated heterocycles. The molecular weight excluding hydrogens is 445 g/mol. The molecule has 0 fully saturated rings. The summed E-state index contributed by atoms with van der Waals surface area (Å²) in [5, 5.41) is 11.4. The molecule has 8 heteroatoms. The van der Waals surface area contributed by atoms with Crippen LogP contribution in [0.5, 0.6) is 5.75 Å². The molecule has 3 aromatic rings. The van der Waals surface area contributed by atoms with Gasteiger partial charge < -0.3 is 14.8 Å². The zero-order valence-corrected chi connectivity index (χ0v) is 19.6. The third-order valence-corrected chi connectivity index (χ3v) is 5.90. The molecule has 2 atom stereocenters. The molecule has 34 heavy (non-hydrogen) atoms. The van der Waals surface area contributed by atoms with Crippen molar-refractivity contribution in [1.82, 2.24) is 4.98 Å². The minimum Gasteiger partial charge on any atom is -0.496 e. The van der Waals surface area contributed by atoms with Crippen molar-refractivity contribution >= 4 is 22.8 Å². The number of methoxy groups -OCH3 is 1. The number of aliphatic hydroxyl groups is 1. The van der Waals surface area contributed by atoms with E-state index in [-0.39, 0.29) is 17.9 Å². The summed E-state index contributed by atoms with van der Waals surface area (Å²) in [5.41, 5.74) is 0.562. The number of hydrogen-bond donors (Lipinski definition) is 2. The topological polar surface area (TPSA) is 74.7 Å². The van der Waals surface area contributed by atoms with E-state index in [1.165, 1.54) is 26.3 Å². The lowest BCUT2D eigenvalue weighted by atomic mass is 9.73. The number of aromatic nitrogens is 1. The van der Waals surface area contributed by atoms with Crippen molar-refractivity contribution in [2.45, 2.75) is 57.2 Å². The number of aliphatic hydroxyl groups excluding tert-OH is 1. The monoisotopic (exact) mass is 474 g/mol. The first-order valence-electron chi connectivity index (χ1n) is 11.0. The highest BCUT2D eigenvalue weighted by Crippen LogP contribution is 2.45. The van der Waals surface area contributed by atoms with Gasteiger partial charge in [-0.3, -0.25) is 9.79 Å². The second kappa shape index (κ2) is 10.0. The van der Waals surface area contributed by atoms with Gasteiger partial charge in [0, 0.05) is 28.6 Å². The predicted octanol–water partition coefficient (Wildman–Crippen LogP) is 6.02. The first-order chi connectivity index (χ1) is 15.9. The summed E-state index contributed by atoms with van der Waals surface area (Å²) in [6, 6.07) is 13.3. The van der Waals surface area contributed by atoms with E-state index in [1.54, 1.807) is 36.4 Å². The fraction of sp³-hybridized carbons (Fsp3) is 0.385. The number of aromatic amines is 1. The lowest BCUT2D eigenvalue weighted by Crippen LogP contribution is -2.34. The summed E-state index contributed by atoms with van der Waals surface area (Å²) >= 11 is 0. The second-order valence-electron chi connectivity index (χ2n) is 9.05. The average Bonchev–Trinajstić information content (AvgIpc) is 2.75. The van der Waals surface area contributed by atoms with Crippen LogP contribution in [0.2, 0.25) is 0 Å². The summed E-state index contributed by atoms with van der Waals surface area (Å²) in [4.78, 5) is 18.6. The number of pyridine rings is 1. The normalized spacial score (nSPS) is 15.1. The number of hydrogen-bond acceptors (Lipinski definition) is 4. The molecule has 0 radical (unpaired) electrons. The molecule has 0 amide bonds. The summed E-state index contributed by atoms with van der Waals surface area (Å²) in [6.07, 6.45) is -5.80. The zero-order valence-electron chi connectivity index (χ0n) is 19.6. The maximum absolute atomic E-state index is 13.7. The van der Waals surface area contributed by atoms with Gasteiger partial charge in [-0.05, 0) is 36.1 Å². The van der Waals surface area contributed by atoms with E-state index in [9.17, 15) is 23.1 Å². The van der Waals surface area contributed by atoms with Crippen LogP contribution in [-0.2, 0) is 5.41 Å². The number of nitrogens with zero attached hydrogens (tertiary/aromatic N) is 1. The van der Waals surface area contributed by atoms with E-state index < -0.39 is 24.1 Å². The van der Waals surface area contributed by atoms with Gasteiger partial charge in [0.05, 0.1) is 30.8 Å². The van der Waals surface area contributed by atoms with Gasteiger partial charge in [0.25, 0.3) is 0 Å². The maximum Gasteiger partial charge on any atom is 0.389 e. The maximum atomic E-state index is 13.7. The number of benzene rings is 2.